The SMILES string of the molecule is CC1CC(OCC2CCNC2)CC(C)O1. The summed E-state index contributed by atoms with van der Waals surface area (Å²) in [5, 5.41) is 3.37. The Bertz CT molecular complexity index is 182. The normalized spacial score (nSPS) is 42.0. The van der Waals surface area contributed by atoms with E-state index in [1.807, 2.05) is 0 Å². The van der Waals surface area contributed by atoms with Gasteiger partial charge < -0.3 is 14.8 Å². The molecule has 0 saturated carbocycles. The van der Waals surface area contributed by atoms with Crippen LogP contribution in [0.4, 0.5) is 0 Å². The fraction of sp³-hybridized carbons (Fsp3) is 1.00. The summed E-state index contributed by atoms with van der Waals surface area (Å²) in [6.07, 6.45) is 4.54. The van der Waals surface area contributed by atoms with Gasteiger partial charge in [0, 0.05) is 6.54 Å². The van der Waals surface area contributed by atoms with Crippen molar-refractivity contribution in [3.63, 3.8) is 0 Å². The Balaban J connectivity index is 1.69. The van der Waals surface area contributed by atoms with Gasteiger partial charge in [-0.05, 0) is 45.6 Å². The predicted molar refractivity (Wildman–Crippen MR) is 60.0 cm³/mol. The maximum atomic E-state index is 5.99. The zero-order valence-corrected chi connectivity index (χ0v) is 9.87. The van der Waals surface area contributed by atoms with Crippen LogP contribution in [0.25, 0.3) is 0 Å². The summed E-state index contributed by atoms with van der Waals surface area (Å²) in [6.45, 7) is 7.51. The van der Waals surface area contributed by atoms with Crippen LogP contribution in [0.1, 0.15) is 33.1 Å². The van der Waals surface area contributed by atoms with Gasteiger partial charge in [-0.25, -0.2) is 0 Å². The molecular formula is C12H23NO2. The van der Waals surface area contributed by atoms with Gasteiger partial charge in [-0.3, -0.25) is 0 Å². The standard InChI is InChI=1S/C12H23NO2/c1-9-5-12(6-10(2)15-9)14-8-11-3-4-13-7-11/h9-13H,3-8H2,1-2H3. The molecule has 2 fully saturated rings. The average Bonchev–Trinajstić information content (AvgIpc) is 2.65. The highest BCUT2D eigenvalue weighted by Gasteiger charge is 2.26. The average molecular weight is 213 g/mol. The van der Waals surface area contributed by atoms with Crippen LogP contribution >= 0.6 is 0 Å². The van der Waals surface area contributed by atoms with E-state index in [1.54, 1.807) is 0 Å². The van der Waals surface area contributed by atoms with Crippen molar-refractivity contribution < 1.29 is 9.47 Å². The molecule has 1 N–H and O–H groups in total. The van der Waals surface area contributed by atoms with E-state index >= 15 is 0 Å². The first-order valence-corrected chi connectivity index (χ1v) is 6.22. The highest BCUT2D eigenvalue weighted by molar-refractivity contribution is 4.76. The summed E-state index contributed by atoms with van der Waals surface area (Å²) in [7, 11) is 0. The van der Waals surface area contributed by atoms with E-state index in [1.165, 1.54) is 6.42 Å². The molecule has 3 nitrogen and oxygen atoms in total. The second kappa shape index (κ2) is 5.28. The quantitative estimate of drug-likeness (QED) is 0.772. The third-order valence-electron chi connectivity index (χ3n) is 3.38. The van der Waals surface area contributed by atoms with Crippen LogP contribution in [0.5, 0.6) is 0 Å². The zero-order valence-electron chi connectivity index (χ0n) is 9.87. The third kappa shape index (κ3) is 3.44. The number of hydrogen-bond acceptors (Lipinski definition) is 3. The lowest BCUT2D eigenvalue weighted by Gasteiger charge is -2.32. The number of nitrogens with one attached hydrogen (secondary N) is 1. The van der Waals surface area contributed by atoms with E-state index < -0.39 is 0 Å². The molecule has 0 bridgehead atoms. The van der Waals surface area contributed by atoms with Crippen LogP contribution in [0.3, 0.4) is 0 Å². The van der Waals surface area contributed by atoms with E-state index in [2.05, 4.69) is 19.2 Å². The molecule has 2 rings (SSSR count). The van der Waals surface area contributed by atoms with Gasteiger partial charge in [-0.1, -0.05) is 0 Å². The minimum atomic E-state index is 0.362. The Hall–Kier alpha value is -0.120. The van der Waals surface area contributed by atoms with Crippen molar-refractivity contribution in [2.45, 2.75) is 51.4 Å². The fourth-order valence-corrected chi connectivity index (χ4v) is 2.61. The van der Waals surface area contributed by atoms with Gasteiger partial charge in [0.25, 0.3) is 0 Å². The Morgan fingerprint density at radius 2 is 2.00 bits per heavy atom. The largest absolute Gasteiger partial charge is 0.378 e. The van der Waals surface area contributed by atoms with E-state index in [9.17, 15) is 0 Å². The maximum Gasteiger partial charge on any atom is 0.0624 e. The molecule has 3 atom stereocenters. The summed E-state index contributed by atoms with van der Waals surface area (Å²) in [5.74, 6) is 0.735. The van der Waals surface area contributed by atoms with Crippen LogP contribution in [0, 0.1) is 5.92 Å². The van der Waals surface area contributed by atoms with Crippen molar-refractivity contribution in [2.75, 3.05) is 19.7 Å². The van der Waals surface area contributed by atoms with Crippen molar-refractivity contribution in [3.8, 4) is 0 Å². The number of hydrogen-bond donors (Lipinski definition) is 1. The molecule has 2 aliphatic heterocycles. The van der Waals surface area contributed by atoms with Crippen LogP contribution in [-0.2, 0) is 9.47 Å². The molecule has 3 unspecified atom stereocenters. The lowest BCUT2D eigenvalue weighted by molar-refractivity contribution is -0.106. The zero-order chi connectivity index (χ0) is 10.7. The smallest absolute Gasteiger partial charge is 0.0624 e. The molecule has 0 radical (unpaired) electrons. The van der Waals surface area contributed by atoms with Crippen LogP contribution in [-0.4, -0.2) is 38.0 Å². The fourth-order valence-electron chi connectivity index (χ4n) is 2.61. The van der Waals surface area contributed by atoms with Crippen LogP contribution in [0.2, 0.25) is 0 Å². The minimum Gasteiger partial charge on any atom is -0.378 e. The molecule has 0 aromatic heterocycles. The summed E-state index contributed by atoms with van der Waals surface area (Å²) in [5.41, 5.74) is 0. The van der Waals surface area contributed by atoms with E-state index in [4.69, 9.17) is 9.47 Å². The number of rotatable bonds is 3. The molecule has 2 saturated heterocycles. The van der Waals surface area contributed by atoms with E-state index in [-0.39, 0.29) is 0 Å². The first-order chi connectivity index (χ1) is 7.24. The molecule has 15 heavy (non-hydrogen) atoms. The van der Waals surface area contributed by atoms with E-state index in [0.717, 1.165) is 38.5 Å². The van der Waals surface area contributed by atoms with E-state index in [0.29, 0.717) is 18.3 Å². The highest BCUT2D eigenvalue weighted by Crippen LogP contribution is 2.22. The molecule has 88 valence electrons. The summed E-state index contributed by atoms with van der Waals surface area (Å²) in [6, 6.07) is 0. The first kappa shape index (κ1) is 11.4. The summed E-state index contributed by atoms with van der Waals surface area (Å²) in [4.78, 5) is 0. The van der Waals surface area contributed by atoms with Gasteiger partial charge in [-0.15, -0.1) is 0 Å². The van der Waals surface area contributed by atoms with Crippen LogP contribution in [0.15, 0.2) is 0 Å². The van der Waals surface area contributed by atoms with Crippen molar-refractivity contribution in [3.05, 3.63) is 0 Å². The Morgan fingerprint density at radius 1 is 1.27 bits per heavy atom. The molecule has 3 heteroatoms. The molecule has 0 amide bonds. The predicted octanol–water partition coefficient (Wildman–Crippen LogP) is 1.57. The topological polar surface area (TPSA) is 30.5 Å². The molecule has 0 aliphatic carbocycles. The van der Waals surface area contributed by atoms with Gasteiger partial charge in [0.1, 0.15) is 0 Å². The molecule has 2 heterocycles. The molecule has 0 aromatic carbocycles. The Kier molecular flexibility index (Phi) is 4.00. The summed E-state index contributed by atoms with van der Waals surface area (Å²) < 4.78 is 11.7. The van der Waals surface area contributed by atoms with Crippen molar-refractivity contribution in [1.29, 1.82) is 0 Å². The lowest BCUT2D eigenvalue weighted by Crippen LogP contribution is -2.35. The molecular weight excluding hydrogens is 190 g/mol. The second-order valence-corrected chi connectivity index (χ2v) is 5.04. The van der Waals surface area contributed by atoms with Crippen molar-refractivity contribution in [2.24, 2.45) is 5.92 Å². The molecule has 0 spiro atoms. The van der Waals surface area contributed by atoms with Crippen molar-refractivity contribution >= 4 is 0 Å². The lowest BCUT2D eigenvalue weighted by atomic mass is 10.0. The maximum absolute atomic E-state index is 5.99. The second-order valence-electron chi connectivity index (χ2n) is 5.04. The van der Waals surface area contributed by atoms with Gasteiger partial charge in [-0.2, -0.15) is 0 Å². The van der Waals surface area contributed by atoms with Crippen molar-refractivity contribution in [1.82, 2.24) is 5.32 Å². The van der Waals surface area contributed by atoms with Gasteiger partial charge in [0.15, 0.2) is 0 Å². The Morgan fingerprint density at radius 3 is 2.60 bits per heavy atom. The number of ether oxygens (including phenoxy) is 2. The van der Waals surface area contributed by atoms with Gasteiger partial charge >= 0.3 is 0 Å². The monoisotopic (exact) mass is 213 g/mol. The summed E-state index contributed by atoms with van der Waals surface area (Å²) >= 11 is 0. The third-order valence-corrected chi connectivity index (χ3v) is 3.38. The van der Waals surface area contributed by atoms with Gasteiger partial charge in [0.05, 0.1) is 24.9 Å². The first-order valence-electron chi connectivity index (χ1n) is 6.22. The van der Waals surface area contributed by atoms with Crippen LogP contribution < -0.4 is 5.32 Å². The minimum absolute atomic E-state index is 0.362. The highest BCUT2D eigenvalue weighted by atomic mass is 16.5. The molecule has 0 aromatic rings. The Labute approximate surface area is 92.5 Å². The van der Waals surface area contributed by atoms with Gasteiger partial charge in [0.2, 0.25) is 0 Å². The molecule has 2 aliphatic rings.